The van der Waals surface area contributed by atoms with Crippen molar-refractivity contribution in [2.45, 2.75) is 46.3 Å². The highest BCUT2D eigenvalue weighted by Gasteiger charge is 2.20. The van der Waals surface area contributed by atoms with Gasteiger partial charge in [0, 0.05) is 41.8 Å². The lowest BCUT2D eigenvalue weighted by Crippen LogP contribution is -2.29. The van der Waals surface area contributed by atoms with E-state index >= 15 is 0 Å². The lowest BCUT2D eigenvalue weighted by atomic mass is 10.1. The molecule has 1 atom stereocenters. The molecule has 2 N–H and O–H groups in total. The average molecular weight is 363 g/mol. The van der Waals surface area contributed by atoms with Gasteiger partial charge >= 0.3 is 0 Å². The second-order valence-corrected chi connectivity index (χ2v) is 7.14. The number of nitrogens with zero attached hydrogens (tertiary/aromatic N) is 5. The van der Waals surface area contributed by atoms with Crippen LogP contribution >= 0.6 is 0 Å². The number of aromatic nitrogens is 5. The zero-order valence-electron chi connectivity index (χ0n) is 16.0. The number of rotatable bonds is 5. The smallest absolute Gasteiger partial charge is 0.163 e. The first-order valence-corrected chi connectivity index (χ1v) is 9.38. The second-order valence-electron chi connectivity index (χ2n) is 7.14. The summed E-state index contributed by atoms with van der Waals surface area (Å²) in [5, 5.41) is 11.6. The van der Waals surface area contributed by atoms with Crippen molar-refractivity contribution in [1.29, 1.82) is 0 Å². The fourth-order valence-corrected chi connectivity index (χ4v) is 3.50. The highest BCUT2D eigenvalue weighted by Crippen LogP contribution is 2.25. The van der Waals surface area contributed by atoms with Gasteiger partial charge in [-0.05, 0) is 51.9 Å². The summed E-state index contributed by atoms with van der Waals surface area (Å²) in [6.07, 6.45) is 4.50. The molecule has 0 saturated heterocycles. The summed E-state index contributed by atoms with van der Waals surface area (Å²) < 4.78 is 2.05. The van der Waals surface area contributed by atoms with Crippen molar-refractivity contribution in [2.24, 2.45) is 0 Å². The Bertz CT molecular complexity index is 933. The third kappa shape index (κ3) is 3.83. The molecule has 0 fully saturated rings. The van der Waals surface area contributed by atoms with Gasteiger partial charge in [0.15, 0.2) is 5.82 Å². The largest absolute Gasteiger partial charge is 0.365 e. The van der Waals surface area contributed by atoms with E-state index in [0.717, 1.165) is 48.8 Å². The van der Waals surface area contributed by atoms with E-state index in [4.69, 9.17) is 9.97 Å². The molecule has 7 nitrogen and oxygen atoms in total. The molecule has 0 spiro atoms. The molecule has 0 amide bonds. The molecule has 0 unspecified atom stereocenters. The van der Waals surface area contributed by atoms with E-state index in [1.165, 1.54) is 11.3 Å². The Hall–Kier alpha value is -2.80. The number of hydrogen-bond donors (Lipinski definition) is 2. The molecule has 0 bridgehead atoms. The highest BCUT2D eigenvalue weighted by molar-refractivity contribution is 5.59. The fraction of sp³-hybridized carbons (Fsp3) is 0.400. The van der Waals surface area contributed by atoms with Crippen LogP contribution < -0.4 is 10.6 Å². The first kappa shape index (κ1) is 17.6. The maximum Gasteiger partial charge on any atom is 0.163 e. The number of aryl methyl sites for hydroxylation is 2. The van der Waals surface area contributed by atoms with Gasteiger partial charge in [0.05, 0.1) is 17.9 Å². The molecule has 27 heavy (non-hydrogen) atoms. The van der Waals surface area contributed by atoms with Crippen molar-refractivity contribution >= 4 is 5.82 Å². The summed E-state index contributed by atoms with van der Waals surface area (Å²) in [6.45, 7) is 8.78. The second kappa shape index (κ2) is 7.44. The molecule has 0 aliphatic carbocycles. The summed E-state index contributed by atoms with van der Waals surface area (Å²) in [7, 11) is 0. The minimum Gasteiger partial charge on any atom is -0.365 e. The number of hydrogen-bond acceptors (Lipinski definition) is 6. The summed E-state index contributed by atoms with van der Waals surface area (Å²) in [5.74, 6) is 1.64. The van der Waals surface area contributed by atoms with E-state index in [2.05, 4.69) is 40.6 Å². The SMILES string of the molecule is Cc1cc(C)n(C[C@H](C)Nc2nc(-c3cccnc3)nc3c2CCNC3)n1. The maximum absolute atomic E-state index is 4.85. The fourth-order valence-electron chi connectivity index (χ4n) is 3.50. The molecule has 3 aromatic heterocycles. The minimum atomic E-state index is 0.193. The predicted octanol–water partition coefficient (Wildman–Crippen LogP) is 2.50. The van der Waals surface area contributed by atoms with Gasteiger partial charge in [0.25, 0.3) is 0 Å². The zero-order valence-corrected chi connectivity index (χ0v) is 16.0. The summed E-state index contributed by atoms with van der Waals surface area (Å²) in [6, 6.07) is 6.20. The lowest BCUT2D eigenvalue weighted by molar-refractivity contribution is 0.542. The molecule has 0 saturated carbocycles. The number of pyridine rings is 1. The molecule has 3 aromatic rings. The van der Waals surface area contributed by atoms with Crippen LogP contribution in [0.1, 0.15) is 29.6 Å². The molecular formula is C20H25N7. The van der Waals surface area contributed by atoms with E-state index in [0.29, 0.717) is 5.82 Å². The van der Waals surface area contributed by atoms with Crippen LogP contribution in [-0.4, -0.2) is 37.3 Å². The number of fused-ring (bicyclic) bond motifs is 1. The molecule has 4 rings (SSSR count). The molecule has 7 heteroatoms. The van der Waals surface area contributed by atoms with Crippen LogP contribution in [0.2, 0.25) is 0 Å². The van der Waals surface area contributed by atoms with Crippen LogP contribution in [0.15, 0.2) is 30.6 Å². The Kier molecular flexibility index (Phi) is 4.85. The van der Waals surface area contributed by atoms with Crippen molar-refractivity contribution < 1.29 is 0 Å². The monoisotopic (exact) mass is 363 g/mol. The Morgan fingerprint density at radius 2 is 2.19 bits per heavy atom. The third-order valence-electron chi connectivity index (χ3n) is 4.79. The third-order valence-corrected chi connectivity index (χ3v) is 4.79. The van der Waals surface area contributed by atoms with Crippen LogP contribution in [0.25, 0.3) is 11.4 Å². The van der Waals surface area contributed by atoms with Gasteiger partial charge in [-0.3, -0.25) is 9.67 Å². The average Bonchev–Trinajstić information content (AvgIpc) is 2.99. The standard InChI is InChI=1S/C20H25N7/c1-13-9-15(3)27(26-13)12-14(2)23-20-17-6-8-22-11-18(17)24-19(25-20)16-5-4-7-21-10-16/h4-5,7,9-10,14,22H,6,8,11-12H2,1-3H3,(H,23,24,25)/t14-/m0/s1. The Morgan fingerprint density at radius 3 is 2.93 bits per heavy atom. The van der Waals surface area contributed by atoms with Crippen molar-refractivity contribution in [1.82, 2.24) is 30.0 Å². The van der Waals surface area contributed by atoms with Gasteiger partial charge in [-0.15, -0.1) is 0 Å². The topological polar surface area (TPSA) is 80.5 Å². The molecular weight excluding hydrogens is 338 g/mol. The summed E-state index contributed by atoms with van der Waals surface area (Å²) in [4.78, 5) is 13.8. The summed E-state index contributed by atoms with van der Waals surface area (Å²) >= 11 is 0. The van der Waals surface area contributed by atoms with Crippen molar-refractivity contribution in [3.63, 3.8) is 0 Å². The Morgan fingerprint density at radius 1 is 1.30 bits per heavy atom. The van der Waals surface area contributed by atoms with E-state index in [1.54, 1.807) is 12.4 Å². The van der Waals surface area contributed by atoms with E-state index < -0.39 is 0 Å². The minimum absolute atomic E-state index is 0.193. The first-order valence-electron chi connectivity index (χ1n) is 9.38. The highest BCUT2D eigenvalue weighted by atomic mass is 15.3. The van der Waals surface area contributed by atoms with Crippen molar-refractivity contribution in [2.75, 3.05) is 11.9 Å². The molecule has 0 radical (unpaired) electrons. The van der Waals surface area contributed by atoms with Gasteiger partial charge in [-0.1, -0.05) is 0 Å². The first-order chi connectivity index (χ1) is 13.1. The van der Waals surface area contributed by atoms with Gasteiger partial charge in [-0.25, -0.2) is 9.97 Å². The van der Waals surface area contributed by atoms with Crippen LogP contribution in [0.5, 0.6) is 0 Å². The van der Waals surface area contributed by atoms with E-state index in [9.17, 15) is 0 Å². The van der Waals surface area contributed by atoms with Gasteiger partial charge in [0.1, 0.15) is 5.82 Å². The van der Waals surface area contributed by atoms with E-state index in [1.807, 2.05) is 23.7 Å². The molecule has 4 heterocycles. The molecule has 1 aliphatic rings. The van der Waals surface area contributed by atoms with Gasteiger partial charge < -0.3 is 10.6 Å². The van der Waals surface area contributed by atoms with Crippen LogP contribution in [0.4, 0.5) is 5.82 Å². The van der Waals surface area contributed by atoms with Crippen LogP contribution in [-0.2, 0) is 19.5 Å². The van der Waals surface area contributed by atoms with Crippen LogP contribution in [0.3, 0.4) is 0 Å². The molecule has 1 aliphatic heterocycles. The zero-order chi connectivity index (χ0) is 18.8. The number of anilines is 1. The quantitative estimate of drug-likeness (QED) is 0.725. The predicted molar refractivity (Wildman–Crippen MR) is 105 cm³/mol. The normalized spacial score (nSPS) is 14.6. The van der Waals surface area contributed by atoms with E-state index in [-0.39, 0.29) is 6.04 Å². The maximum atomic E-state index is 4.85. The van der Waals surface area contributed by atoms with Crippen LogP contribution in [0, 0.1) is 13.8 Å². The van der Waals surface area contributed by atoms with Crippen molar-refractivity contribution in [3.8, 4) is 11.4 Å². The Balaban J connectivity index is 1.63. The van der Waals surface area contributed by atoms with Crippen molar-refractivity contribution in [3.05, 3.63) is 53.2 Å². The molecule has 140 valence electrons. The summed E-state index contributed by atoms with van der Waals surface area (Å²) in [5.41, 5.74) is 5.42. The number of nitrogens with one attached hydrogen (secondary N) is 2. The molecule has 0 aromatic carbocycles. The van der Waals surface area contributed by atoms with Gasteiger partial charge in [-0.2, -0.15) is 5.10 Å². The van der Waals surface area contributed by atoms with Gasteiger partial charge in [0.2, 0.25) is 0 Å². The Labute approximate surface area is 159 Å². The lowest BCUT2D eigenvalue weighted by Gasteiger charge is -2.23.